The van der Waals surface area contributed by atoms with Crippen molar-refractivity contribution >= 4 is 11.6 Å². The fraction of sp³-hybridized carbons (Fsp3) is 0.538. The van der Waals surface area contributed by atoms with Crippen molar-refractivity contribution in [3.8, 4) is 0 Å². The fourth-order valence-electron chi connectivity index (χ4n) is 1.81. The maximum atomic E-state index is 13.1. The summed E-state index contributed by atoms with van der Waals surface area (Å²) in [6.45, 7) is 4.34. The molecule has 0 radical (unpaired) electrons. The van der Waals surface area contributed by atoms with Crippen LogP contribution < -0.4 is 5.32 Å². The van der Waals surface area contributed by atoms with Crippen LogP contribution >= 0.6 is 11.6 Å². The van der Waals surface area contributed by atoms with Gasteiger partial charge in [-0.15, -0.1) is 0 Å². The summed E-state index contributed by atoms with van der Waals surface area (Å²) in [6.07, 6.45) is 1.86. The molecule has 3 heteroatoms. The van der Waals surface area contributed by atoms with Crippen molar-refractivity contribution < 1.29 is 4.39 Å². The van der Waals surface area contributed by atoms with Crippen LogP contribution in [0.2, 0.25) is 5.02 Å². The Labute approximate surface area is 102 Å². The minimum absolute atomic E-state index is 0.224. The second-order valence-corrected chi connectivity index (χ2v) is 4.63. The van der Waals surface area contributed by atoms with E-state index in [0.29, 0.717) is 17.0 Å². The Morgan fingerprint density at radius 1 is 1.44 bits per heavy atom. The largest absolute Gasteiger partial charge is 0.316 e. The third kappa shape index (κ3) is 3.46. The molecule has 1 aromatic rings. The molecule has 0 spiro atoms. The summed E-state index contributed by atoms with van der Waals surface area (Å²) >= 11 is 6.05. The summed E-state index contributed by atoms with van der Waals surface area (Å²) in [5.41, 5.74) is 0.876. The predicted molar refractivity (Wildman–Crippen MR) is 67.4 cm³/mol. The van der Waals surface area contributed by atoms with Gasteiger partial charge in [0.25, 0.3) is 0 Å². The molecule has 2 atom stereocenters. The highest BCUT2D eigenvalue weighted by atomic mass is 35.5. The van der Waals surface area contributed by atoms with E-state index >= 15 is 0 Å². The van der Waals surface area contributed by atoms with Gasteiger partial charge < -0.3 is 5.32 Å². The maximum absolute atomic E-state index is 13.1. The van der Waals surface area contributed by atoms with E-state index in [2.05, 4.69) is 19.2 Å². The molecule has 0 saturated heterocycles. The number of halogens is 2. The topological polar surface area (TPSA) is 12.0 Å². The van der Waals surface area contributed by atoms with Crippen LogP contribution in [0.1, 0.15) is 25.8 Å². The molecule has 1 aromatic carbocycles. The number of nitrogens with one attached hydrogen (secondary N) is 1. The molecule has 0 bridgehead atoms. The first-order valence-electron chi connectivity index (χ1n) is 5.69. The Hall–Kier alpha value is -0.600. The van der Waals surface area contributed by atoms with E-state index in [0.717, 1.165) is 18.4 Å². The van der Waals surface area contributed by atoms with E-state index in [9.17, 15) is 4.39 Å². The van der Waals surface area contributed by atoms with Crippen LogP contribution in [0.4, 0.5) is 4.39 Å². The first-order chi connectivity index (χ1) is 7.58. The molecule has 1 rings (SSSR count). The predicted octanol–water partition coefficient (Wildman–Crippen LogP) is 3.66. The number of rotatable bonds is 5. The molecule has 1 nitrogen and oxygen atoms in total. The molecule has 16 heavy (non-hydrogen) atoms. The summed E-state index contributed by atoms with van der Waals surface area (Å²) in [7, 11) is 1.93. The van der Waals surface area contributed by atoms with Crippen molar-refractivity contribution in [3.63, 3.8) is 0 Å². The Kier molecular flexibility index (Phi) is 5.23. The Morgan fingerprint density at radius 2 is 2.12 bits per heavy atom. The van der Waals surface area contributed by atoms with Crippen molar-refractivity contribution in [1.29, 1.82) is 0 Å². The van der Waals surface area contributed by atoms with Gasteiger partial charge in [0.2, 0.25) is 0 Å². The van der Waals surface area contributed by atoms with Gasteiger partial charge in [0.1, 0.15) is 5.82 Å². The molecule has 0 aliphatic heterocycles. The van der Waals surface area contributed by atoms with Gasteiger partial charge in [-0.25, -0.2) is 4.39 Å². The summed E-state index contributed by atoms with van der Waals surface area (Å²) in [5, 5.41) is 3.91. The van der Waals surface area contributed by atoms with Crippen LogP contribution in [-0.4, -0.2) is 13.1 Å². The molecule has 0 aromatic heterocycles. The third-order valence-electron chi connectivity index (χ3n) is 3.15. The van der Waals surface area contributed by atoms with Gasteiger partial charge in [-0.3, -0.25) is 0 Å². The normalized spacial score (nSPS) is 14.8. The summed E-state index contributed by atoms with van der Waals surface area (Å²) in [4.78, 5) is 0. The first kappa shape index (κ1) is 13.5. The second kappa shape index (κ2) is 6.21. The van der Waals surface area contributed by atoms with Crippen LogP contribution in [0.5, 0.6) is 0 Å². The molecule has 90 valence electrons. The molecule has 0 saturated carbocycles. The minimum atomic E-state index is -0.224. The van der Waals surface area contributed by atoms with Gasteiger partial charge in [-0.1, -0.05) is 31.9 Å². The van der Waals surface area contributed by atoms with E-state index < -0.39 is 0 Å². The molecular formula is C13H19ClFN. The standard InChI is InChI=1S/C13H19ClFN/c1-4-9(2)13(16-3)8-10-7-11(15)5-6-12(10)14/h5-7,9,13,16H,4,8H2,1-3H3. The summed E-state index contributed by atoms with van der Waals surface area (Å²) in [5.74, 6) is 0.322. The van der Waals surface area contributed by atoms with Crippen LogP contribution in [0.15, 0.2) is 18.2 Å². The lowest BCUT2D eigenvalue weighted by Crippen LogP contribution is -2.34. The molecule has 1 N–H and O–H groups in total. The quantitative estimate of drug-likeness (QED) is 0.832. The number of hydrogen-bond acceptors (Lipinski definition) is 1. The van der Waals surface area contributed by atoms with E-state index in [4.69, 9.17) is 11.6 Å². The zero-order chi connectivity index (χ0) is 12.1. The molecule has 2 unspecified atom stereocenters. The van der Waals surface area contributed by atoms with E-state index in [-0.39, 0.29) is 5.82 Å². The lowest BCUT2D eigenvalue weighted by atomic mass is 9.93. The van der Waals surface area contributed by atoms with Crippen molar-refractivity contribution in [3.05, 3.63) is 34.6 Å². The van der Waals surface area contributed by atoms with Crippen LogP contribution in [0.25, 0.3) is 0 Å². The Morgan fingerprint density at radius 3 is 2.69 bits per heavy atom. The van der Waals surface area contributed by atoms with E-state index in [1.807, 2.05) is 7.05 Å². The average molecular weight is 244 g/mol. The smallest absolute Gasteiger partial charge is 0.123 e. The monoisotopic (exact) mass is 243 g/mol. The summed E-state index contributed by atoms with van der Waals surface area (Å²) < 4.78 is 13.1. The van der Waals surface area contributed by atoms with Crippen molar-refractivity contribution in [2.75, 3.05) is 7.05 Å². The van der Waals surface area contributed by atoms with Gasteiger partial charge in [-0.2, -0.15) is 0 Å². The lowest BCUT2D eigenvalue weighted by molar-refractivity contribution is 0.386. The molecular weight excluding hydrogens is 225 g/mol. The van der Waals surface area contributed by atoms with Crippen molar-refractivity contribution in [2.24, 2.45) is 5.92 Å². The minimum Gasteiger partial charge on any atom is -0.316 e. The fourth-order valence-corrected chi connectivity index (χ4v) is 2.00. The zero-order valence-corrected chi connectivity index (χ0v) is 10.8. The van der Waals surface area contributed by atoms with E-state index in [1.54, 1.807) is 6.07 Å². The van der Waals surface area contributed by atoms with Crippen molar-refractivity contribution in [1.82, 2.24) is 5.32 Å². The highest BCUT2D eigenvalue weighted by Gasteiger charge is 2.15. The number of benzene rings is 1. The maximum Gasteiger partial charge on any atom is 0.123 e. The SMILES string of the molecule is CCC(C)C(Cc1cc(F)ccc1Cl)NC. The average Bonchev–Trinajstić information content (AvgIpc) is 2.29. The molecule has 0 heterocycles. The molecule has 0 aliphatic rings. The first-order valence-corrected chi connectivity index (χ1v) is 6.07. The Balaban J connectivity index is 2.81. The van der Waals surface area contributed by atoms with Crippen LogP contribution in [0.3, 0.4) is 0 Å². The molecule has 0 fully saturated rings. The van der Waals surface area contributed by atoms with Gasteiger partial charge in [0.05, 0.1) is 0 Å². The zero-order valence-electron chi connectivity index (χ0n) is 10.1. The van der Waals surface area contributed by atoms with Gasteiger partial charge in [0, 0.05) is 11.1 Å². The second-order valence-electron chi connectivity index (χ2n) is 4.22. The highest BCUT2D eigenvalue weighted by molar-refractivity contribution is 6.31. The number of hydrogen-bond donors (Lipinski definition) is 1. The molecule has 0 amide bonds. The number of likely N-dealkylation sites (N-methyl/N-ethyl adjacent to an activating group) is 1. The van der Waals surface area contributed by atoms with E-state index in [1.165, 1.54) is 12.1 Å². The highest BCUT2D eigenvalue weighted by Crippen LogP contribution is 2.21. The van der Waals surface area contributed by atoms with Gasteiger partial charge in [0.15, 0.2) is 0 Å². The molecule has 0 aliphatic carbocycles. The third-order valence-corrected chi connectivity index (χ3v) is 3.52. The van der Waals surface area contributed by atoms with Gasteiger partial charge in [-0.05, 0) is 43.1 Å². The lowest BCUT2D eigenvalue weighted by Gasteiger charge is -2.23. The van der Waals surface area contributed by atoms with Crippen LogP contribution in [0, 0.1) is 11.7 Å². The summed E-state index contributed by atoms with van der Waals surface area (Å²) in [6, 6.07) is 4.87. The van der Waals surface area contributed by atoms with Gasteiger partial charge >= 0.3 is 0 Å². The van der Waals surface area contributed by atoms with Crippen LogP contribution in [-0.2, 0) is 6.42 Å². The van der Waals surface area contributed by atoms with Crippen molar-refractivity contribution in [2.45, 2.75) is 32.7 Å². The Bertz CT molecular complexity index is 341.